The van der Waals surface area contributed by atoms with E-state index in [1.165, 1.54) is 0 Å². The molecule has 0 radical (unpaired) electrons. The Kier molecular flexibility index (Phi) is 6.99. The average Bonchev–Trinajstić information content (AvgIpc) is 2.49. The summed E-state index contributed by atoms with van der Waals surface area (Å²) >= 11 is 0. The van der Waals surface area contributed by atoms with Crippen LogP contribution in [0.3, 0.4) is 0 Å². The first-order valence-electron chi connectivity index (χ1n) is 8.28. The summed E-state index contributed by atoms with van der Waals surface area (Å²) in [5, 5.41) is 13.2. The quantitative estimate of drug-likeness (QED) is 0.769. The van der Waals surface area contributed by atoms with E-state index in [1.807, 2.05) is 6.07 Å². The van der Waals surface area contributed by atoms with E-state index < -0.39 is 0 Å². The van der Waals surface area contributed by atoms with Crippen LogP contribution in [0.1, 0.15) is 47.1 Å². The Balaban J connectivity index is 3.02. The lowest BCUT2D eigenvalue weighted by Gasteiger charge is -2.41. The van der Waals surface area contributed by atoms with Crippen LogP contribution in [0.15, 0.2) is 18.3 Å². The fourth-order valence-corrected chi connectivity index (χ4v) is 2.97. The minimum Gasteiger partial charge on any atom is -0.481 e. The van der Waals surface area contributed by atoms with Gasteiger partial charge in [-0.05, 0) is 47.2 Å². The zero-order valence-corrected chi connectivity index (χ0v) is 15.7. The van der Waals surface area contributed by atoms with Gasteiger partial charge >= 0.3 is 0 Å². The van der Waals surface area contributed by atoms with E-state index in [9.17, 15) is 5.11 Å². The Bertz CT molecular complexity index is 483. The van der Waals surface area contributed by atoms with E-state index in [1.54, 1.807) is 13.3 Å². The van der Waals surface area contributed by atoms with Gasteiger partial charge < -0.3 is 15.2 Å². The SMILES string of the molecule is CCN(C[C@H](CO)NC(C)(C)C)C(C)(C)c1cccnc1OC. The summed E-state index contributed by atoms with van der Waals surface area (Å²) in [5.74, 6) is 0.653. The summed E-state index contributed by atoms with van der Waals surface area (Å²) in [6, 6.07) is 4.00. The van der Waals surface area contributed by atoms with Gasteiger partial charge in [-0.15, -0.1) is 0 Å². The van der Waals surface area contributed by atoms with Gasteiger partial charge in [-0.2, -0.15) is 0 Å². The lowest BCUT2D eigenvalue weighted by atomic mass is 9.92. The Labute approximate surface area is 141 Å². The number of nitrogens with zero attached hydrogens (tertiary/aromatic N) is 2. The number of methoxy groups -OCH3 is 1. The summed E-state index contributed by atoms with van der Waals surface area (Å²) in [6.45, 7) is 14.5. The van der Waals surface area contributed by atoms with Crippen molar-refractivity contribution >= 4 is 0 Å². The van der Waals surface area contributed by atoms with E-state index in [-0.39, 0.29) is 23.7 Å². The van der Waals surface area contributed by atoms with Gasteiger partial charge in [0.05, 0.1) is 13.7 Å². The van der Waals surface area contributed by atoms with Crippen molar-refractivity contribution in [2.45, 2.75) is 58.7 Å². The Morgan fingerprint density at radius 3 is 2.43 bits per heavy atom. The molecule has 0 aliphatic heterocycles. The van der Waals surface area contributed by atoms with Gasteiger partial charge in [0.1, 0.15) is 0 Å². The molecule has 0 saturated heterocycles. The molecule has 0 aromatic carbocycles. The molecule has 0 aliphatic carbocycles. The van der Waals surface area contributed by atoms with Crippen molar-refractivity contribution in [1.29, 1.82) is 0 Å². The number of hydrogen-bond acceptors (Lipinski definition) is 5. The molecule has 1 rings (SSSR count). The van der Waals surface area contributed by atoms with E-state index in [2.05, 4.69) is 62.8 Å². The number of ether oxygens (including phenoxy) is 1. The molecule has 0 saturated carbocycles. The fourth-order valence-electron chi connectivity index (χ4n) is 2.97. The number of nitrogens with one attached hydrogen (secondary N) is 1. The molecule has 132 valence electrons. The summed E-state index contributed by atoms with van der Waals surface area (Å²) in [7, 11) is 1.65. The molecule has 1 heterocycles. The summed E-state index contributed by atoms with van der Waals surface area (Å²) in [4.78, 5) is 6.66. The molecule has 0 aliphatic rings. The molecule has 0 bridgehead atoms. The topological polar surface area (TPSA) is 57.6 Å². The van der Waals surface area contributed by atoms with Crippen LogP contribution in [0.5, 0.6) is 5.88 Å². The highest BCUT2D eigenvalue weighted by Gasteiger charge is 2.33. The van der Waals surface area contributed by atoms with Crippen molar-refractivity contribution in [3.05, 3.63) is 23.9 Å². The third-order valence-corrected chi connectivity index (χ3v) is 4.09. The normalized spacial score (nSPS) is 14.1. The lowest BCUT2D eigenvalue weighted by molar-refractivity contribution is 0.0851. The molecular formula is C18H33N3O2. The predicted octanol–water partition coefficient (Wildman–Crippen LogP) is 2.40. The standard InChI is InChI=1S/C18H33N3O2/c1-8-21(12-14(13-22)20-17(2,3)4)18(5,6)15-10-9-11-19-16(15)23-7/h9-11,14,20,22H,8,12-13H2,1-7H3/t14-/m1/s1. The first-order chi connectivity index (χ1) is 10.7. The number of rotatable bonds is 8. The smallest absolute Gasteiger partial charge is 0.218 e. The van der Waals surface area contributed by atoms with Gasteiger partial charge in [0.2, 0.25) is 5.88 Å². The van der Waals surface area contributed by atoms with Crippen molar-refractivity contribution in [1.82, 2.24) is 15.2 Å². The molecule has 5 nitrogen and oxygen atoms in total. The number of aromatic nitrogens is 1. The molecule has 0 fully saturated rings. The van der Waals surface area contributed by atoms with Crippen LogP contribution in [0.4, 0.5) is 0 Å². The van der Waals surface area contributed by atoms with Gasteiger partial charge in [0.25, 0.3) is 0 Å². The van der Waals surface area contributed by atoms with E-state index >= 15 is 0 Å². The van der Waals surface area contributed by atoms with Crippen molar-refractivity contribution in [2.75, 3.05) is 26.8 Å². The van der Waals surface area contributed by atoms with E-state index in [0.29, 0.717) is 5.88 Å². The highest BCUT2D eigenvalue weighted by Crippen LogP contribution is 2.33. The van der Waals surface area contributed by atoms with Crippen LogP contribution in [0, 0.1) is 0 Å². The molecule has 0 spiro atoms. The van der Waals surface area contributed by atoms with Crippen LogP contribution in [0.2, 0.25) is 0 Å². The van der Waals surface area contributed by atoms with Crippen LogP contribution in [-0.2, 0) is 5.54 Å². The maximum absolute atomic E-state index is 9.74. The zero-order chi connectivity index (χ0) is 17.7. The Morgan fingerprint density at radius 2 is 1.96 bits per heavy atom. The second-order valence-electron chi connectivity index (χ2n) is 7.43. The molecule has 1 aromatic rings. The molecule has 2 N–H and O–H groups in total. The second kappa shape index (κ2) is 8.08. The first kappa shape index (κ1) is 19.9. The highest BCUT2D eigenvalue weighted by atomic mass is 16.5. The van der Waals surface area contributed by atoms with Gasteiger partial charge in [-0.3, -0.25) is 4.90 Å². The van der Waals surface area contributed by atoms with Crippen LogP contribution in [0.25, 0.3) is 0 Å². The van der Waals surface area contributed by atoms with E-state index in [0.717, 1.165) is 18.7 Å². The van der Waals surface area contributed by atoms with Crippen LogP contribution >= 0.6 is 0 Å². The van der Waals surface area contributed by atoms with Crippen molar-refractivity contribution in [2.24, 2.45) is 0 Å². The van der Waals surface area contributed by atoms with Crippen LogP contribution in [-0.4, -0.2) is 53.4 Å². The van der Waals surface area contributed by atoms with Gasteiger partial charge in [-0.25, -0.2) is 4.98 Å². The largest absolute Gasteiger partial charge is 0.481 e. The summed E-state index contributed by atoms with van der Waals surface area (Å²) in [5.41, 5.74) is 0.765. The number of aliphatic hydroxyl groups is 1. The highest BCUT2D eigenvalue weighted by molar-refractivity contribution is 5.32. The molecule has 0 unspecified atom stereocenters. The third kappa shape index (κ3) is 5.44. The third-order valence-electron chi connectivity index (χ3n) is 4.09. The van der Waals surface area contributed by atoms with Gasteiger partial charge in [-0.1, -0.05) is 13.0 Å². The number of aliphatic hydroxyl groups excluding tert-OH is 1. The molecular weight excluding hydrogens is 290 g/mol. The first-order valence-corrected chi connectivity index (χ1v) is 8.28. The minimum absolute atomic E-state index is 0.0110. The number of likely N-dealkylation sites (N-methyl/N-ethyl adjacent to an activating group) is 1. The molecule has 1 aromatic heterocycles. The number of pyridine rings is 1. The maximum atomic E-state index is 9.74. The van der Waals surface area contributed by atoms with Crippen LogP contribution < -0.4 is 10.1 Å². The predicted molar refractivity (Wildman–Crippen MR) is 94.8 cm³/mol. The Hall–Kier alpha value is -1.17. The molecule has 23 heavy (non-hydrogen) atoms. The zero-order valence-electron chi connectivity index (χ0n) is 15.7. The summed E-state index contributed by atoms with van der Waals surface area (Å²) < 4.78 is 5.44. The van der Waals surface area contributed by atoms with Gasteiger partial charge in [0, 0.05) is 35.4 Å². The second-order valence-corrected chi connectivity index (χ2v) is 7.43. The fraction of sp³-hybridized carbons (Fsp3) is 0.722. The van der Waals surface area contributed by atoms with Crippen molar-refractivity contribution in [3.8, 4) is 5.88 Å². The molecule has 0 amide bonds. The Morgan fingerprint density at radius 1 is 1.30 bits per heavy atom. The molecule has 5 heteroatoms. The number of hydrogen-bond donors (Lipinski definition) is 2. The van der Waals surface area contributed by atoms with Crippen molar-refractivity contribution in [3.63, 3.8) is 0 Å². The van der Waals surface area contributed by atoms with Crippen molar-refractivity contribution < 1.29 is 9.84 Å². The minimum atomic E-state index is -0.249. The monoisotopic (exact) mass is 323 g/mol. The lowest BCUT2D eigenvalue weighted by Crippen LogP contribution is -2.54. The molecule has 1 atom stereocenters. The van der Waals surface area contributed by atoms with Gasteiger partial charge in [0.15, 0.2) is 0 Å². The van der Waals surface area contributed by atoms with E-state index in [4.69, 9.17) is 4.74 Å². The maximum Gasteiger partial charge on any atom is 0.218 e. The summed E-state index contributed by atoms with van der Waals surface area (Å²) in [6.07, 6.45) is 1.74. The average molecular weight is 323 g/mol.